The lowest BCUT2D eigenvalue weighted by Gasteiger charge is -2.35. The average molecular weight is 373 g/mol. The number of phenols is 1. The third kappa shape index (κ3) is 3.02. The van der Waals surface area contributed by atoms with Gasteiger partial charge in [-0.3, -0.25) is 4.79 Å². The molecule has 0 aliphatic carbocycles. The van der Waals surface area contributed by atoms with E-state index >= 15 is 0 Å². The molecule has 2 N–H and O–H groups in total. The molecule has 2 heterocycles. The highest BCUT2D eigenvalue weighted by Gasteiger charge is 2.30. The summed E-state index contributed by atoms with van der Waals surface area (Å²) < 4.78 is 27.3. The van der Waals surface area contributed by atoms with Crippen molar-refractivity contribution in [3.63, 3.8) is 0 Å². The molecule has 2 aromatic rings. The quantitative estimate of drug-likeness (QED) is 0.849. The molecule has 4 rings (SSSR count). The van der Waals surface area contributed by atoms with Crippen molar-refractivity contribution in [1.29, 1.82) is 0 Å². The molecule has 0 atom stereocenters. The number of fused-ring (bicyclic) bond motifs is 1. The van der Waals surface area contributed by atoms with Gasteiger partial charge in [-0.2, -0.15) is 4.31 Å². The SMILES string of the molecule is O=C1Cc2cc(S(=O)(=O)N3CCN(c4ccc(O)cc4)CC3)ccc2N1. The lowest BCUT2D eigenvalue weighted by Crippen LogP contribution is -2.48. The highest BCUT2D eigenvalue weighted by molar-refractivity contribution is 7.89. The number of aromatic hydroxyl groups is 1. The van der Waals surface area contributed by atoms with Crippen molar-refractivity contribution in [2.45, 2.75) is 11.3 Å². The summed E-state index contributed by atoms with van der Waals surface area (Å²) in [7, 11) is -3.59. The Hall–Kier alpha value is -2.58. The first-order valence-electron chi connectivity index (χ1n) is 8.40. The van der Waals surface area contributed by atoms with Crippen LogP contribution in [0.2, 0.25) is 0 Å². The van der Waals surface area contributed by atoms with Crippen LogP contribution in [0.15, 0.2) is 47.4 Å². The minimum Gasteiger partial charge on any atom is -0.508 e. The number of anilines is 2. The monoisotopic (exact) mass is 373 g/mol. The maximum atomic E-state index is 12.9. The van der Waals surface area contributed by atoms with Crippen LogP contribution in [0, 0.1) is 0 Å². The number of carbonyl (C=O) groups is 1. The van der Waals surface area contributed by atoms with Gasteiger partial charge in [0.1, 0.15) is 5.75 Å². The van der Waals surface area contributed by atoms with Crippen molar-refractivity contribution < 1.29 is 18.3 Å². The van der Waals surface area contributed by atoms with Crippen LogP contribution in [0.4, 0.5) is 11.4 Å². The summed E-state index contributed by atoms with van der Waals surface area (Å²) in [6.45, 7) is 1.93. The molecular formula is C18H19N3O4S. The Morgan fingerprint density at radius 3 is 2.35 bits per heavy atom. The number of nitrogens with one attached hydrogen (secondary N) is 1. The number of amides is 1. The van der Waals surface area contributed by atoms with E-state index in [0.717, 1.165) is 11.3 Å². The van der Waals surface area contributed by atoms with E-state index in [2.05, 4.69) is 10.2 Å². The van der Waals surface area contributed by atoms with E-state index in [1.807, 2.05) is 12.1 Å². The summed E-state index contributed by atoms with van der Waals surface area (Å²) in [5, 5.41) is 12.1. The second-order valence-electron chi connectivity index (χ2n) is 6.45. The number of hydrogen-bond acceptors (Lipinski definition) is 5. The fourth-order valence-electron chi connectivity index (χ4n) is 3.37. The van der Waals surface area contributed by atoms with Crippen LogP contribution in [0.3, 0.4) is 0 Å². The van der Waals surface area contributed by atoms with Gasteiger partial charge < -0.3 is 15.3 Å². The maximum absolute atomic E-state index is 12.9. The molecule has 2 aliphatic heterocycles. The summed E-state index contributed by atoms with van der Waals surface area (Å²) in [5.41, 5.74) is 2.37. The Balaban J connectivity index is 1.49. The Morgan fingerprint density at radius 1 is 0.962 bits per heavy atom. The third-order valence-corrected chi connectivity index (χ3v) is 6.69. The van der Waals surface area contributed by atoms with Crippen molar-refractivity contribution in [3.8, 4) is 5.75 Å². The Labute approximate surface area is 151 Å². The second-order valence-corrected chi connectivity index (χ2v) is 8.39. The van der Waals surface area contributed by atoms with Crippen molar-refractivity contribution in [2.75, 3.05) is 36.4 Å². The van der Waals surface area contributed by atoms with Crippen LogP contribution < -0.4 is 10.2 Å². The van der Waals surface area contributed by atoms with E-state index < -0.39 is 10.0 Å². The Kier molecular flexibility index (Phi) is 4.08. The number of sulfonamides is 1. The summed E-state index contributed by atoms with van der Waals surface area (Å²) >= 11 is 0. The van der Waals surface area contributed by atoms with Gasteiger partial charge in [-0.15, -0.1) is 0 Å². The molecule has 0 saturated carbocycles. The van der Waals surface area contributed by atoms with Crippen LogP contribution in [-0.2, 0) is 21.2 Å². The number of carbonyl (C=O) groups excluding carboxylic acids is 1. The number of piperazine rings is 1. The maximum Gasteiger partial charge on any atom is 0.243 e. The van der Waals surface area contributed by atoms with Gasteiger partial charge in [-0.1, -0.05) is 0 Å². The number of nitrogens with zero attached hydrogens (tertiary/aromatic N) is 2. The van der Waals surface area contributed by atoms with Crippen LogP contribution in [0.25, 0.3) is 0 Å². The molecule has 2 aromatic carbocycles. The zero-order valence-corrected chi connectivity index (χ0v) is 14.9. The van der Waals surface area contributed by atoms with E-state index in [0.29, 0.717) is 31.9 Å². The fraction of sp³-hybridized carbons (Fsp3) is 0.278. The minimum atomic E-state index is -3.59. The third-order valence-electron chi connectivity index (χ3n) is 4.79. The summed E-state index contributed by atoms with van der Waals surface area (Å²) in [5.74, 6) is 0.0941. The highest BCUT2D eigenvalue weighted by Crippen LogP contribution is 2.28. The number of rotatable bonds is 3. The van der Waals surface area contributed by atoms with Gasteiger partial charge in [0, 0.05) is 37.6 Å². The summed E-state index contributed by atoms with van der Waals surface area (Å²) in [4.78, 5) is 13.8. The van der Waals surface area contributed by atoms with Crippen LogP contribution in [0.5, 0.6) is 5.75 Å². The lowest BCUT2D eigenvalue weighted by molar-refractivity contribution is -0.115. The molecule has 26 heavy (non-hydrogen) atoms. The summed E-state index contributed by atoms with van der Waals surface area (Å²) in [6.07, 6.45) is 0.216. The van der Waals surface area contributed by atoms with Crippen molar-refractivity contribution in [3.05, 3.63) is 48.0 Å². The molecule has 1 amide bonds. The molecule has 1 fully saturated rings. The van der Waals surface area contributed by atoms with Crippen LogP contribution in [0.1, 0.15) is 5.56 Å². The van der Waals surface area contributed by atoms with Crippen LogP contribution in [-0.4, -0.2) is 49.9 Å². The van der Waals surface area contributed by atoms with Gasteiger partial charge in [0.15, 0.2) is 0 Å². The predicted octanol–water partition coefficient (Wildman–Crippen LogP) is 1.40. The van der Waals surface area contributed by atoms with Crippen molar-refractivity contribution in [1.82, 2.24) is 4.31 Å². The largest absolute Gasteiger partial charge is 0.508 e. The van der Waals surface area contributed by atoms with Crippen LogP contribution >= 0.6 is 0 Å². The van der Waals surface area contributed by atoms with Gasteiger partial charge in [-0.05, 0) is 48.0 Å². The van der Waals surface area contributed by atoms with E-state index in [1.165, 1.54) is 4.31 Å². The fourth-order valence-corrected chi connectivity index (χ4v) is 4.84. The molecule has 136 valence electrons. The highest BCUT2D eigenvalue weighted by atomic mass is 32.2. The first kappa shape index (κ1) is 16.9. The van der Waals surface area contributed by atoms with Crippen molar-refractivity contribution in [2.24, 2.45) is 0 Å². The molecule has 2 aliphatic rings. The van der Waals surface area contributed by atoms with Gasteiger partial charge in [0.05, 0.1) is 11.3 Å². The second kappa shape index (κ2) is 6.30. The molecule has 0 radical (unpaired) electrons. The first-order valence-corrected chi connectivity index (χ1v) is 9.84. The minimum absolute atomic E-state index is 0.114. The van der Waals surface area contributed by atoms with E-state index in [-0.39, 0.29) is 23.0 Å². The standard InChI is InChI=1S/C18H19N3O4S/c22-15-3-1-14(2-4-15)20-7-9-21(10-8-20)26(24,25)16-5-6-17-13(11-16)12-18(23)19-17/h1-6,11,22H,7-10,12H2,(H,19,23). The molecule has 0 aromatic heterocycles. The lowest BCUT2D eigenvalue weighted by atomic mass is 10.2. The number of benzene rings is 2. The molecule has 1 saturated heterocycles. The van der Waals surface area contributed by atoms with E-state index in [9.17, 15) is 18.3 Å². The number of hydrogen-bond donors (Lipinski definition) is 2. The smallest absolute Gasteiger partial charge is 0.243 e. The number of phenolic OH excluding ortho intramolecular Hbond substituents is 1. The normalized spacial score (nSPS) is 17.8. The zero-order chi connectivity index (χ0) is 18.3. The van der Waals surface area contributed by atoms with E-state index in [4.69, 9.17) is 0 Å². The average Bonchev–Trinajstić information content (AvgIpc) is 3.01. The molecule has 0 bridgehead atoms. The summed E-state index contributed by atoms with van der Waals surface area (Å²) in [6, 6.07) is 11.7. The van der Waals surface area contributed by atoms with Gasteiger partial charge in [0.2, 0.25) is 15.9 Å². The predicted molar refractivity (Wildman–Crippen MR) is 97.9 cm³/mol. The van der Waals surface area contributed by atoms with Gasteiger partial charge in [0.25, 0.3) is 0 Å². The molecule has 8 heteroatoms. The first-order chi connectivity index (χ1) is 12.4. The molecule has 0 spiro atoms. The Morgan fingerprint density at radius 2 is 1.65 bits per heavy atom. The molecular weight excluding hydrogens is 354 g/mol. The zero-order valence-electron chi connectivity index (χ0n) is 14.1. The topological polar surface area (TPSA) is 90.0 Å². The van der Waals surface area contributed by atoms with E-state index in [1.54, 1.807) is 30.3 Å². The molecule has 0 unspecified atom stereocenters. The van der Waals surface area contributed by atoms with Crippen molar-refractivity contribution >= 4 is 27.3 Å². The Bertz CT molecular complexity index is 949. The molecule has 7 nitrogen and oxygen atoms in total. The van der Waals surface area contributed by atoms with Gasteiger partial charge in [-0.25, -0.2) is 8.42 Å². The van der Waals surface area contributed by atoms with Gasteiger partial charge >= 0.3 is 0 Å².